The molecule has 0 atom stereocenters. The molecule has 0 saturated heterocycles. The molecule has 2 rings (SSSR count). The van der Waals surface area contributed by atoms with E-state index in [0.717, 1.165) is 10.6 Å². The number of aryl methyl sites for hydroxylation is 2. The normalized spacial score (nSPS) is 10.2. The molecule has 0 radical (unpaired) electrons. The van der Waals surface area contributed by atoms with Crippen molar-refractivity contribution >= 4 is 22.4 Å². The van der Waals surface area contributed by atoms with E-state index in [9.17, 15) is 4.79 Å². The number of anilines is 1. The standard InChI is InChI=1S/C14H16N2O3S/c1-9-10(2)20-14(15-9)16-13(17)8-19-12-6-4-5-11(7-12)18-3/h4-7H,8H2,1-3H3,(H,15,16,17). The highest BCUT2D eigenvalue weighted by molar-refractivity contribution is 7.15. The van der Waals surface area contributed by atoms with Crippen LogP contribution in [0.25, 0.3) is 0 Å². The first-order chi connectivity index (χ1) is 9.58. The van der Waals surface area contributed by atoms with Crippen molar-refractivity contribution in [3.63, 3.8) is 0 Å². The van der Waals surface area contributed by atoms with Crippen molar-refractivity contribution in [1.82, 2.24) is 4.98 Å². The molecule has 6 heteroatoms. The van der Waals surface area contributed by atoms with Crippen LogP contribution in [0.4, 0.5) is 5.13 Å². The zero-order valence-corrected chi connectivity index (χ0v) is 12.4. The number of thiazole rings is 1. The van der Waals surface area contributed by atoms with Gasteiger partial charge in [0.05, 0.1) is 12.8 Å². The predicted octanol–water partition coefficient (Wildman–Crippen LogP) is 2.79. The van der Waals surface area contributed by atoms with Crippen LogP contribution in [0.1, 0.15) is 10.6 Å². The summed E-state index contributed by atoms with van der Waals surface area (Å²) < 4.78 is 10.5. The van der Waals surface area contributed by atoms with Crippen molar-refractivity contribution < 1.29 is 14.3 Å². The lowest BCUT2D eigenvalue weighted by molar-refractivity contribution is -0.118. The summed E-state index contributed by atoms with van der Waals surface area (Å²) in [4.78, 5) is 17.1. The van der Waals surface area contributed by atoms with Crippen molar-refractivity contribution in [2.24, 2.45) is 0 Å². The van der Waals surface area contributed by atoms with E-state index in [1.54, 1.807) is 25.3 Å². The molecule has 1 aromatic carbocycles. The van der Waals surface area contributed by atoms with Gasteiger partial charge in [-0.2, -0.15) is 0 Å². The molecule has 5 nitrogen and oxygen atoms in total. The summed E-state index contributed by atoms with van der Waals surface area (Å²) in [7, 11) is 1.58. The van der Waals surface area contributed by atoms with Crippen LogP contribution in [-0.2, 0) is 4.79 Å². The number of methoxy groups -OCH3 is 1. The van der Waals surface area contributed by atoms with E-state index in [-0.39, 0.29) is 12.5 Å². The number of hydrogen-bond donors (Lipinski definition) is 1. The van der Waals surface area contributed by atoms with Gasteiger partial charge in [-0.15, -0.1) is 11.3 Å². The minimum Gasteiger partial charge on any atom is -0.497 e. The van der Waals surface area contributed by atoms with E-state index < -0.39 is 0 Å². The first-order valence-corrected chi connectivity index (χ1v) is 6.91. The molecule has 2 aromatic rings. The zero-order chi connectivity index (χ0) is 14.5. The maximum absolute atomic E-state index is 11.8. The number of amides is 1. The number of carbonyl (C=O) groups is 1. The fraction of sp³-hybridized carbons (Fsp3) is 0.286. The van der Waals surface area contributed by atoms with Gasteiger partial charge in [0.25, 0.3) is 5.91 Å². The van der Waals surface area contributed by atoms with Gasteiger partial charge in [0.2, 0.25) is 0 Å². The Labute approximate surface area is 121 Å². The van der Waals surface area contributed by atoms with Crippen molar-refractivity contribution in [3.8, 4) is 11.5 Å². The number of rotatable bonds is 5. The van der Waals surface area contributed by atoms with E-state index in [0.29, 0.717) is 16.6 Å². The smallest absolute Gasteiger partial charge is 0.264 e. The molecule has 1 amide bonds. The number of nitrogens with one attached hydrogen (secondary N) is 1. The van der Waals surface area contributed by atoms with Crippen molar-refractivity contribution in [1.29, 1.82) is 0 Å². The van der Waals surface area contributed by atoms with Crippen molar-refractivity contribution in [3.05, 3.63) is 34.8 Å². The molecule has 0 unspecified atom stereocenters. The van der Waals surface area contributed by atoms with Crippen LogP contribution >= 0.6 is 11.3 Å². The van der Waals surface area contributed by atoms with E-state index in [1.165, 1.54) is 11.3 Å². The van der Waals surface area contributed by atoms with Gasteiger partial charge < -0.3 is 9.47 Å². The van der Waals surface area contributed by atoms with Crippen LogP contribution < -0.4 is 14.8 Å². The highest BCUT2D eigenvalue weighted by atomic mass is 32.1. The summed E-state index contributed by atoms with van der Waals surface area (Å²) in [5.41, 5.74) is 0.930. The Morgan fingerprint density at radius 3 is 2.75 bits per heavy atom. The van der Waals surface area contributed by atoms with Gasteiger partial charge in [-0.25, -0.2) is 4.98 Å². The first kappa shape index (κ1) is 14.3. The quantitative estimate of drug-likeness (QED) is 0.920. The van der Waals surface area contributed by atoms with Gasteiger partial charge in [-0.1, -0.05) is 6.07 Å². The number of carbonyl (C=O) groups excluding carboxylic acids is 1. The van der Waals surface area contributed by atoms with Crippen LogP contribution in [0, 0.1) is 13.8 Å². The average molecular weight is 292 g/mol. The highest BCUT2D eigenvalue weighted by Gasteiger charge is 2.08. The lowest BCUT2D eigenvalue weighted by atomic mass is 10.3. The Kier molecular flexibility index (Phi) is 4.57. The van der Waals surface area contributed by atoms with E-state index in [4.69, 9.17) is 9.47 Å². The Balaban J connectivity index is 1.88. The van der Waals surface area contributed by atoms with Gasteiger partial charge >= 0.3 is 0 Å². The van der Waals surface area contributed by atoms with Gasteiger partial charge in [0.15, 0.2) is 11.7 Å². The molecule has 1 heterocycles. The maximum Gasteiger partial charge on any atom is 0.264 e. The molecule has 0 aliphatic rings. The SMILES string of the molecule is COc1cccc(OCC(=O)Nc2nc(C)c(C)s2)c1. The summed E-state index contributed by atoms with van der Waals surface area (Å²) in [6, 6.07) is 7.12. The number of hydrogen-bond acceptors (Lipinski definition) is 5. The van der Waals surface area contributed by atoms with E-state index >= 15 is 0 Å². The van der Waals surface area contributed by atoms with Gasteiger partial charge in [-0.05, 0) is 26.0 Å². The van der Waals surface area contributed by atoms with Crippen LogP contribution in [0.15, 0.2) is 24.3 Å². The summed E-state index contributed by atoms with van der Waals surface area (Å²) in [6.45, 7) is 3.81. The van der Waals surface area contributed by atoms with Gasteiger partial charge in [0, 0.05) is 10.9 Å². The van der Waals surface area contributed by atoms with E-state index in [1.807, 2.05) is 19.9 Å². The topological polar surface area (TPSA) is 60.5 Å². The molecular weight excluding hydrogens is 276 g/mol. The number of aromatic nitrogens is 1. The number of ether oxygens (including phenoxy) is 2. The third-order valence-corrected chi connectivity index (χ3v) is 3.67. The van der Waals surface area contributed by atoms with Crippen LogP contribution in [0.5, 0.6) is 11.5 Å². The first-order valence-electron chi connectivity index (χ1n) is 6.09. The largest absolute Gasteiger partial charge is 0.497 e. The summed E-state index contributed by atoms with van der Waals surface area (Å²) in [5.74, 6) is 1.04. The van der Waals surface area contributed by atoms with Gasteiger partial charge in [0.1, 0.15) is 11.5 Å². The second-order valence-corrected chi connectivity index (χ2v) is 5.38. The molecular formula is C14H16N2O3S. The Morgan fingerprint density at radius 1 is 1.35 bits per heavy atom. The molecule has 0 saturated carbocycles. The molecule has 0 fully saturated rings. The lowest BCUT2D eigenvalue weighted by Crippen LogP contribution is -2.20. The Morgan fingerprint density at radius 2 is 2.10 bits per heavy atom. The molecule has 0 bridgehead atoms. The maximum atomic E-state index is 11.8. The third-order valence-electron chi connectivity index (χ3n) is 2.69. The highest BCUT2D eigenvalue weighted by Crippen LogP contribution is 2.21. The fourth-order valence-corrected chi connectivity index (χ4v) is 2.35. The summed E-state index contributed by atoms with van der Waals surface area (Å²) >= 11 is 1.45. The van der Waals surface area contributed by atoms with Crippen LogP contribution in [0.3, 0.4) is 0 Å². The van der Waals surface area contributed by atoms with Crippen LogP contribution in [0.2, 0.25) is 0 Å². The average Bonchev–Trinajstić information content (AvgIpc) is 2.75. The number of benzene rings is 1. The minimum absolute atomic E-state index is 0.0646. The molecule has 0 spiro atoms. The Bertz CT molecular complexity index is 591. The zero-order valence-electron chi connectivity index (χ0n) is 11.6. The molecule has 106 valence electrons. The lowest BCUT2D eigenvalue weighted by Gasteiger charge is -2.07. The van der Waals surface area contributed by atoms with Crippen LogP contribution in [-0.4, -0.2) is 24.6 Å². The molecule has 20 heavy (non-hydrogen) atoms. The Hall–Kier alpha value is -2.08. The molecule has 1 aromatic heterocycles. The van der Waals surface area contributed by atoms with E-state index in [2.05, 4.69) is 10.3 Å². The molecule has 0 aliphatic heterocycles. The van der Waals surface area contributed by atoms with Crippen molar-refractivity contribution in [2.75, 3.05) is 19.0 Å². The predicted molar refractivity (Wildman–Crippen MR) is 78.7 cm³/mol. The fourth-order valence-electron chi connectivity index (χ4n) is 1.52. The van der Waals surface area contributed by atoms with Gasteiger partial charge in [-0.3, -0.25) is 10.1 Å². The summed E-state index contributed by atoms with van der Waals surface area (Å²) in [5, 5.41) is 3.31. The third kappa shape index (κ3) is 3.71. The second kappa shape index (κ2) is 6.38. The number of nitrogens with zero attached hydrogens (tertiary/aromatic N) is 1. The monoisotopic (exact) mass is 292 g/mol. The molecule has 0 aliphatic carbocycles. The molecule has 1 N–H and O–H groups in total. The minimum atomic E-state index is -0.235. The summed E-state index contributed by atoms with van der Waals surface area (Å²) in [6.07, 6.45) is 0. The van der Waals surface area contributed by atoms with Crippen molar-refractivity contribution in [2.45, 2.75) is 13.8 Å². The second-order valence-electron chi connectivity index (χ2n) is 4.18.